The molecule has 2 aromatic carbocycles. The number of thioether (sulfide) groups is 1. The van der Waals surface area contributed by atoms with E-state index in [1.165, 1.54) is 49.7 Å². The number of methoxy groups -OCH3 is 1. The molecular formula is C32H32ClFN4O9S. The SMILES string of the molecule is COc1cc(OC[C@@H](O)[C@@H](O)[C@H](O)[C@H](O)CNc2cc(F)cc(-c3ccccn3)c2)c(Cl)cc1NC(=O)CSc1ccc(C(=O)O)cn1. The number of amides is 1. The number of nitrogens with one attached hydrogen (secondary N) is 2. The Labute approximate surface area is 283 Å². The number of carbonyl (C=O) groups is 2. The minimum atomic E-state index is -1.84. The highest BCUT2D eigenvalue weighted by molar-refractivity contribution is 7.99. The molecule has 0 fully saturated rings. The molecule has 48 heavy (non-hydrogen) atoms. The normalized spacial score (nSPS) is 13.6. The van der Waals surface area contributed by atoms with Crippen LogP contribution in [0.2, 0.25) is 5.02 Å². The van der Waals surface area contributed by atoms with Crippen LogP contribution in [0.4, 0.5) is 15.8 Å². The molecule has 4 rings (SSSR count). The number of halogens is 2. The summed E-state index contributed by atoms with van der Waals surface area (Å²) in [4.78, 5) is 31.7. The molecule has 0 saturated carbocycles. The van der Waals surface area contributed by atoms with Crippen molar-refractivity contribution in [1.82, 2.24) is 9.97 Å². The van der Waals surface area contributed by atoms with Crippen LogP contribution in [0.5, 0.6) is 11.5 Å². The average molecular weight is 703 g/mol. The number of aliphatic hydroxyl groups excluding tert-OH is 4. The van der Waals surface area contributed by atoms with Crippen molar-refractivity contribution in [3.63, 3.8) is 0 Å². The molecule has 0 radical (unpaired) electrons. The minimum absolute atomic E-state index is 0.0208. The van der Waals surface area contributed by atoms with Crippen molar-refractivity contribution in [1.29, 1.82) is 0 Å². The number of carboxylic acids is 1. The molecule has 0 unspecified atom stereocenters. The van der Waals surface area contributed by atoms with Crippen molar-refractivity contribution >= 4 is 46.6 Å². The highest BCUT2D eigenvalue weighted by Gasteiger charge is 2.31. The van der Waals surface area contributed by atoms with Crippen LogP contribution in [0.25, 0.3) is 11.3 Å². The fourth-order valence-corrected chi connectivity index (χ4v) is 5.14. The molecule has 254 valence electrons. The number of carboxylic acid groups (broad SMARTS) is 1. The molecule has 16 heteroatoms. The maximum absolute atomic E-state index is 14.2. The third-order valence-electron chi connectivity index (χ3n) is 6.78. The fourth-order valence-electron chi connectivity index (χ4n) is 4.28. The van der Waals surface area contributed by atoms with Crippen LogP contribution in [0, 0.1) is 5.82 Å². The van der Waals surface area contributed by atoms with Crippen LogP contribution < -0.4 is 20.1 Å². The van der Waals surface area contributed by atoms with E-state index in [1.807, 2.05) is 0 Å². The zero-order chi connectivity index (χ0) is 34.8. The summed E-state index contributed by atoms with van der Waals surface area (Å²) in [6, 6.07) is 14.9. The van der Waals surface area contributed by atoms with Gasteiger partial charge in [-0.1, -0.05) is 29.4 Å². The topological polar surface area (TPSA) is 204 Å². The first-order chi connectivity index (χ1) is 22.9. The first-order valence-electron chi connectivity index (χ1n) is 14.3. The Hall–Kier alpha value is -4.51. The predicted molar refractivity (Wildman–Crippen MR) is 176 cm³/mol. The standard InChI is InChI=1S/C32H32ClFN4O9S/c1-46-27-12-26(21(33)11-23(27)38-28(41)16-48-29-6-5-17(13-37-29)32(44)45)47-15-25(40)31(43)30(42)24(39)14-36-20-9-18(8-19(34)10-20)22-4-2-3-7-35-22/h2-13,24-25,30-31,36,39-40,42-43H,14-16H2,1H3,(H,38,41)(H,44,45)/t24-,25-,30-,31-/m1/s1. The van der Waals surface area contributed by atoms with Crippen molar-refractivity contribution < 1.29 is 49.0 Å². The van der Waals surface area contributed by atoms with Crippen molar-refractivity contribution in [2.24, 2.45) is 0 Å². The van der Waals surface area contributed by atoms with Gasteiger partial charge >= 0.3 is 5.97 Å². The lowest BCUT2D eigenvalue weighted by Crippen LogP contribution is -2.48. The second-order valence-electron chi connectivity index (χ2n) is 10.3. The predicted octanol–water partition coefficient (Wildman–Crippen LogP) is 3.31. The Bertz CT molecular complexity index is 1710. The van der Waals surface area contributed by atoms with Gasteiger partial charge in [0, 0.05) is 36.3 Å². The van der Waals surface area contributed by atoms with E-state index in [1.54, 1.807) is 30.5 Å². The lowest BCUT2D eigenvalue weighted by Gasteiger charge is -2.27. The molecule has 4 atom stereocenters. The summed E-state index contributed by atoms with van der Waals surface area (Å²) in [5.74, 6) is -1.95. The summed E-state index contributed by atoms with van der Waals surface area (Å²) in [7, 11) is 1.35. The number of aromatic nitrogens is 2. The van der Waals surface area contributed by atoms with Crippen LogP contribution in [-0.2, 0) is 4.79 Å². The molecule has 0 aliphatic heterocycles. The summed E-state index contributed by atoms with van der Waals surface area (Å²) in [6.07, 6.45) is -4.14. The first kappa shape index (κ1) is 36.3. The third-order valence-corrected chi connectivity index (χ3v) is 8.02. The number of aliphatic hydroxyl groups is 4. The maximum Gasteiger partial charge on any atom is 0.337 e. The number of hydrogen-bond donors (Lipinski definition) is 7. The maximum atomic E-state index is 14.2. The highest BCUT2D eigenvalue weighted by atomic mass is 35.5. The van der Waals surface area contributed by atoms with Gasteiger partial charge in [0.2, 0.25) is 5.91 Å². The monoisotopic (exact) mass is 702 g/mol. The number of nitrogens with zero attached hydrogens (tertiary/aromatic N) is 2. The van der Waals surface area contributed by atoms with E-state index in [2.05, 4.69) is 20.6 Å². The molecule has 0 saturated heterocycles. The molecule has 7 N–H and O–H groups in total. The molecule has 13 nitrogen and oxygen atoms in total. The molecule has 0 aliphatic carbocycles. The second-order valence-corrected chi connectivity index (χ2v) is 11.7. The van der Waals surface area contributed by atoms with Gasteiger partial charge in [-0.3, -0.25) is 9.78 Å². The summed E-state index contributed by atoms with van der Waals surface area (Å²) < 4.78 is 25.1. The molecular weight excluding hydrogens is 671 g/mol. The molecule has 1 amide bonds. The number of carbonyl (C=O) groups excluding carboxylic acids is 1. The van der Waals surface area contributed by atoms with E-state index in [4.69, 9.17) is 26.2 Å². The first-order valence-corrected chi connectivity index (χ1v) is 15.6. The number of aromatic carboxylic acids is 1. The zero-order valence-electron chi connectivity index (χ0n) is 25.3. The van der Waals surface area contributed by atoms with Gasteiger partial charge in [0.25, 0.3) is 0 Å². The quantitative estimate of drug-likeness (QED) is 0.0839. The Morgan fingerprint density at radius 1 is 0.979 bits per heavy atom. The van der Waals surface area contributed by atoms with E-state index in [0.717, 1.165) is 11.8 Å². The second kappa shape index (κ2) is 17.1. The molecule has 0 bridgehead atoms. The Morgan fingerprint density at radius 3 is 2.42 bits per heavy atom. The van der Waals surface area contributed by atoms with Crippen LogP contribution in [0.1, 0.15) is 10.4 Å². The van der Waals surface area contributed by atoms with Crippen molar-refractivity contribution in [2.75, 3.05) is 36.6 Å². The fraction of sp³-hybridized carbons (Fsp3) is 0.250. The average Bonchev–Trinajstić information content (AvgIpc) is 3.08. The third kappa shape index (κ3) is 10.00. The molecule has 0 spiro atoms. The lowest BCUT2D eigenvalue weighted by atomic mass is 10.0. The Balaban J connectivity index is 1.28. The summed E-state index contributed by atoms with van der Waals surface area (Å²) in [6.45, 7) is -0.840. The van der Waals surface area contributed by atoms with Gasteiger partial charge in [0.1, 0.15) is 42.2 Å². The van der Waals surface area contributed by atoms with Crippen LogP contribution in [0.3, 0.4) is 0 Å². The van der Waals surface area contributed by atoms with Gasteiger partial charge in [0.05, 0.1) is 46.0 Å². The lowest BCUT2D eigenvalue weighted by molar-refractivity contribution is -0.113. The van der Waals surface area contributed by atoms with Crippen LogP contribution >= 0.6 is 23.4 Å². The van der Waals surface area contributed by atoms with Gasteiger partial charge in [-0.05, 0) is 48.5 Å². The number of benzene rings is 2. The molecule has 2 aromatic heterocycles. The van der Waals surface area contributed by atoms with Crippen molar-refractivity contribution in [3.05, 3.63) is 89.5 Å². The van der Waals surface area contributed by atoms with Crippen LogP contribution in [-0.4, -0.2) is 97.8 Å². The molecule has 2 heterocycles. The van der Waals surface area contributed by atoms with Gasteiger partial charge in [-0.15, -0.1) is 0 Å². The van der Waals surface area contributed by atoms with Gasteiger partial charge < -0.3 is 45.6 Å². The van der Waals surface area contributed by atoms with Gasteiger partial charge in [0.15, 0.2) is 0 Å². The molecule has 4 aromatic rings. The van der Waals surface area contributed by atoms with E-state index in [0.29, 0.717) is 22.0 Å². The highest BCUT2D eigenvalue weighted by Crippen LogP contribution is 2.36. The Morgan fingerprint density at radius 2 is 1.75 bits per heavy atom. The van der Waals surface area contributed by atoms with E-state index in [-0.39, 0.29) is 40.1 Å². The largest absolute Gasteiger partial charge is 0.494 e. The number of anilines is 2. The summed E-state index contributed by atoms with van der Waals surface area (Å²) >= 11 is 7.41. The smallest absolute Gasteiger partial charge is 0.337 e. The van der Waals surface area contributed by atoms with Crippen LogP contribution in [0.15, 0.2) is 78.1 Å². The zero-order valence-corrected chi connectivity index (χ0v) is 26.9. The minimum Gasteiger partial charge on any atom is -0.494 e. The van der Waals surface area contributed by atoms with E-state index >= 15 is 0 Å². The molecule has 0 aliphatic rings. The number of rotatable bonds is 16. The van der Waals surface area contributed by atoms with Gasteiger partial charge in [-0.2, -0.15) is 0 Å². The number of ether oxygens (including phenoxy) is 2. The summed E-state index contributed by atoms with van der Waals surface area (Å²) in [5, 5.41) is 56.8. The van der Waals surface area contributed by atoms with Crippen molar-refractivity contribution in [3.8, 4) is 22.8 Å². The Kier molecular flexibility index (Phi) is 12.9. The van der Waals surface area contributed by atoms with Gasteiger partial charge in [-0.25, -0.2) is 14.2 Å². The number of pyridine rings is 2. The number of hydrogen-bond acceptors (Lipinski definition) is 12. The summed E-state index contributed by atoms with van der Waals surface area (Å²) in [5.41, 5.74) is 1.56. The van der Waals surface area contributed by atoms with E-state index < -0.39 is 48.7 Å². The van der Waals surface area contributed by atoms with E-state index in [9.17, 15) is 34.4 Å². The van der Waals surface area contributed by atoms with Crippen molar-refractivity contribution in [2.45, 2.75) is 29.4 Å².